The standard InChI is InChI=1S/C13H18F2N2O3S/c1-13(2,3)17(21(4,19)20)8-11(18)16-12-9(14)6-5-7-10(12)15/h5-7H,8H2,1-4H3,(H,16,18). The lowest BCUT2D eigenvalue weighted by atomic mass is 10.1. The third-order valence-electron chi connectivity index (χ3n) is 2.66. The van der Waals surface area contributed by atoms with Crippen LogP contribution >= 0.6 is 0 Å². The van der Waals surface area contributed by atoms with E-state index in [0.29, 0.717) is 0 Å². The third-order valence-corrected chi connectivity index (χ3v) is 4.14. The predicted molar refractivity (Wildman–Crippen MR) is 76.3 cm³/mol. The molecule has 0 aliphatic heterocycles. The minimum absolute atomic E-state index is 0.532. The van der Waals surface area contributed by atoms with Crippen molar-refractivity contribution in [1.29, 1.82) is 0 Å². The van der Waals surface area contributed by atoms with E-state index < -0.39 is 45.3 Å². The molecule has 1 amide bonds. The number of para-hydroxylation sites is 1. The normalized spacial score (nSPS) is 12.5. The molecule has 0 radical (unpaired) electrons. The fourth-order valence-corrected chi connectivity index (χ4v) is 3.13. The SMILES string of the molecule is CC(C)(C)N(CC(=O)Nc1c(F)cccc1F)S(C)(=O)=O. The number of carbonyl (C=O) groups excluding carboxylic acids is 1. The second kappa shape index (κ2) is 6.07. The molecular formula is C13H18F2N2O3S. The van der Waals surface area contributed by atoms with E-state index in [1.807, 2.05) is 0 Å². The average Bonchev–Trinajstić information content (AvgIpc) is 2.28. The van der Waals surface area contributed by atoms with Crippen LogP contribution in [0.5, 0.6) is 0 Å². The molecule has 1 aromatic carbocycles. The summed E-state index contributed by atoms with van der Waals surface area (Å²) in [5.41, 5.74) is -1.43. The maximum atomic E-state index is 13.4. The van der Waals surface area contributed by atoms with Gasteiger partial charge < -0.3 is 5.32 Å². The Bertz CT molecular complexity index is 619. The maximum Gasteiger partial charge on any atom is 0.239 e. The lowest BCUT2D eigenvalue weighted by Crippen LogP contribution is -2.48. The van der Waals surface area contributed by atoms with Crippen molar-refractivity contribution >= 4 is 21.6 Å². The molecule has 0 saturated heterocycles. The van der Waals surface area contributed by atoms with Crippen LogP contribution in [0, 0.1) is 11.6 Å². The summed E-state index contributed by atoms with van der Waals surface area (Å²) in [6.45, 7) is 4.32. The number of carbonyl (C=O) groups is 1. The van der Waals surface area contributed by atoms with E-state index in [2.05, 4.69) is 5.32 Å². The van der Waals surface area contributed by atoms with Gasteiger partial charge in [-0.3, -0.25) is 4.79 Å². The highest BCUT2D eigenvalue weighted by atomic mass is 32.2. The Labute approximate surface area is 123 Å². The molecule has 8 heteroatoms. The first-order chi connectivity index (χ1) is 9.43. The Kier molecular flexibility index (Phi) is 5.06. The Morgan fingerprint density at radius 2 is 1.71 bits per heavy atom. The van der Waals surface area contributed by atoms with Crippen LogP contribution in [-0.2, 0) is 14.8 Å². The van der Waals surface area contributed by atoms with E-state index in [1.54, 1.807) is 20.8 Å². The van der Waals surface area contributed by atoms with E-state index in [9.17, 15) is 22.0 Å². The Morgan fingerprint density at radius 1 is 1.24 bits per heavy atom. The number of hydrogen-bond donors (Lipinski definition) is 1. The fraction of sp³-hybridized carbons (Fsp3) is 0.462. The summed E-state index contributed by atoms with van der Waals surface area (Å²) in [4.78, 5) is 11.9. The molecule has 0 fully saturated rings. The second-order valence-corrected chi connectivity index (χ2v) is 7.49. The minimum atomic E-state index is -3.65. The number of sulfonamides is 1. The molecule has 0 spiro atoms. The average molecular weight is 320 g/mol. The van der Waals surface area contributed by atoms with Crippen LogP contribution in [0.4, 0.5) is 14.5 Å². The van der Waals surface area contributed by atoms with Crippen molar-refractivity contribution in [3.05, 3.63) is 29.8 Å². The smallest absolute Gasteiger partial charge is 0.239 e. The Balaban J connectivity index is 2.95. The first-order valence-electron chi connectivity index (χ1n) is 6.14. The van der Waals surface area contributed by atoms with Crippen molar-refractivity contribution in [3.8, 4) is 0 Å². The summed E-state index contributed by atoms with van der Waals surface area (Å²) in [6, 6.07) is 3.16. The molecule has 21 heavy (non-hydrogen) atoms. The van der Waals surface area contributed by atoms with Gasteiger partial charge in [0.05, 0.1) is 12.8 Å². The number of halogens is 2. The molecule has 1 aromatic rings. The van der Waals surface area contributed by atoms with E-state index in [0.717, 1.165) is 28.8 Å². The van der Waals surface area contributed by atoms with Gasteiger partial charge in [-0.1, -0.05) is 6.07 Å². The first kappa shape index (κ1) is 17.5. The molecule has 0 aliphatic rings. The van der Waals surface area contributed by atoms with Crippen molar-refractivity contribution in [3.63, 3.8) is 0 Å². The van der Waals surface area contributed by atoms with Crippen LogP contribution in [0.15, 0.2) is 18.2 Å². The van der Waals surface area contributed by atoms with Crippen molar-refractivity contribution in [1.82, 2.24) is 4.31 Å². The lowest BCUT2D eigenvalue weighted by molar-refractivity contribution is -0.117. The molecule has 5 nitrogen and oxygen atoms in total. The number of rotatable bonds is 4. The third kappa shape index (κ3) is 4.75. The molecule has 0 bridgehead atoms. The largest absolute Gasteiger partial charge is 0.320 e. The van der Waals surface area contributed by atoms with Gasteiger partial charge in [-0.15, -0.1) is 0 Å². The van der Waals surface area contributed by atoms with Crippen LogP contribution < -0.4 is 5.32 Å². The van der Waals surface area contributed by atoms with Gasteiger partial charge in [-0.05, 0) is 32.9 Å². The molecule has 0 atom stereocenters. The topological polar surface area (TPSA) is 66.5 Å². The second-order valence-electron chi connectivity index (χ2n) is 5.59. The van der Waals surface area contributed by atoms with E-state index in [-0.39, 0.29) is 0 Å². The van der Waals surface area contributed by atoms with Gasteiger partial charge in [-0.2, -0.15) is 4.31 Å². The Hall–Kier alpha value is -1.54. The number of benzene rings is 1. The van der Waals surface area contributed by atoms with Gasteiger partial charge in [0.1, 0.15) is 17.3 Å². The quantitative estimate of drug-likeness (QED) is 0.922. The zero-order valence-corrected chi connectivity index (χ0v) is 13.1. The van der Waals surface area contributed by atoms with E-state index in [4.69, 9.17) is 0 Å². The predicted octanol–water partition coefficient (Wildman–Crippen LogP) is 1.96. The molecule has 0 aromatic heterocycles. The minimum Gasteiger partial charge on any atom is -0.320 e. The highest BCUT2D eigenvalue weighted by Gasteiger charge is 2.31. The number of hydrogen-bond acceptors (Lipinski definition) is 3. The maximum absolute atomic E-state index is 13.4. The van der Waals surface area contributed by atoms with Crippen LogP contribution in [0.3, 0.4) is 0 Å². The summed E-state index contributed by atoms with van der Waals surface area (Å²) >= 11 is 0. The summed E-state index contributed by atoms with van der Waals surface area (Å²) in [5.74, 6) is -2.67. The van der Waals surface area contributed by atoms with Gasteiger partial charge in [-0.25, -0.2) is 17.2 Å². The fourth-order valence-electron chi connectivity index (χ4n) is 1.78. The van der Waals surface area contributed by atoms with Gasteiger partial charge in [0, 0.05) is 5.54 Å². The number of amides is 1. The molecule has 1 rings (SSSR count). The highest BCUT2D eigenvalue weighted by Crippen LogP contribution is 2.20. The van der Waals surface area contributed by atoms with Crippen molar-refractivity contribution < 1.29 is 22.0 Å². The van der Waals surface area contributed by atoms with Crippen LogP contribution in [0.1, 0.15) is 20.8 Å². The van der Waals surface area contributed by atoms with Gasteiger partial charge in [0.15, 0.2) is 0 Å². The molecule has 118 valence electrons. The molecular weight excluding hydrogens is 302 g/mol. The van der Waals surface area contributed by atoms with Crippen molar-refractivity contribution in [2.45, 2.75) is 26.3 Å². The summed E-state index contributed by atoms with van der Waals surface area (Å²) in [5, 5.41) is 2.06. The van der Waals surface area contributed by atoms with Crippen molar-refractivity contribution in [2.24, 2.45) is 0 Å². The molecule has 1 N–H and O–H groups in total. The van der Waals surface area contributed by atoms with E-state index >= 15 is 0 Å². The summed E-state index contributed by atoms with van der Waals surface area (Å²) in [6.07, 6.45) is 0.967. The van der Waals surface area contributed by atoms with E-state index in [1.165, 1.54) is 0 Å². The molecule has 0 aliphatic carbocycles. The summed E-state index contributed by atoms with van der Waals surface area (Å²) in [7, 11) is -3.65. The van der Waals surface area contributed by atoms with Crippen LogP contribution in [0.2, 0.25) is 0 Å². The lowest BCUT2D eigenvalue weighted by Gasteiger charge is -2.32. The van der Waals surface area contributed by atoms with Gasteiger partial charge in [0.2, 0.25) is 15.9 Å². The number of anilines is 1. The molecule has 0 saturated carbocycles. The highest BCUT2D eigenvalue weighted by molar-refractivity contribution is 7.88. The monoisotopic (exact) mass is 320 g/mol. The van der Waals surface area contributed by atoms with Crippen LogP contribution in [-0.4, -0.2) is 37.0 Å². The van der Waals surface area contributed by atoms with Crippen molar-refractivity contribution in [2.75, 3.05) is 18.1 Å². The molecule has 0 unspecified atom stereocenters. The number of nitrogens with one attached hydrogen (secondary N) is 1. The number of nitrogens with zero attached hydrogens (tertiary/aromatic N) is 1. The summed E-state index contributed by atoms with van der Waals surface area (Å²) < 4.78 is 51.2. The van der Waals surface area contributed by atoms with Gasteiger partial charge in [0.25, 0.3) is 0 Å². The molecule has 0 heterocycles. The Morgan fingerprint density at radius 3 is 2.10 bits per heavy atom. The van der Waals surface area contributed by atoms with Gasteiger partial charge >= 0.3 is 0 Å². The first-order valence-corrected chi connectivity index (χ1v) is 7.99. The van der Waals surface area contributed by atoms with Crippen LogP contribution in [0.25, 0.3) is 0 Å². The zero-order valence-electron chi connectivity index (χ0n) is 12.3. The zero-order chi connectivity index (χ0) is 16.4.